The van der Waals surface area contributed by atoms with E-state index in [-0.39, 0.29) is 6.54 Å². The summed E-state index contributed by atoms with van der Waals surface area (Å²) in [6.07, 6.45) is -4.80. The zero-order chi connectivity index (χ0) is 17.4. The zero-order valence-electron chi connectivity index (χ0n) is 12.3. The summed E-state index contributed by atoms with van der Waals surface area (Å²) in [5, 5.41) is 0. The van der Waals surface area contributed by atoms with Gasteiger partial charge in [-0.25, -0.2) is 4.79 Å². The summed E-state index contributed by atoms with van der Waals surface area (Å²) in [7, 11) is 0. The summed E-state index contributed by atoms with van der Waals surface area (Å²) in [4.78, 5) is 37.2. The van der Waals surface area contributed by atoms with Crippen LogP contribution in [0.2, 0.25) is 0 Å². The number of nitrogens with zero attached hydrogens (tertiary/aromatic N) is 2. The van der Waals surface area contributed by atoms with Crippen LogP contribution in [0.1, 0.15) is 19.4 Å². The number of urea groups is 1. The predicted molar refractivity (Wildman–Crippen MR) is 71.1 cm³/mol. The number of ether oxygens (including phenoxy) is 1. The van der Waals surface area contributed by atoms with Gasteiger partial charge in [-0.15, -0.1) is 13.2 Å². The smallest absolute Gasteiger partial charge is 0.406 e. The van der Waals surface area contributed by atoms with E-state index in [2.05, 4.69) is 4.74 Å². The van der Waals surface area contributed by atoms with Crippen molar-refractivity contribution >= 4 is 17.8 Å². The highest BCUT2D eigenvalue weighted by Gasteiger charge is 2.45. The van der Waals surface area contributed by atoms with Gasteiger partial charge in [-0.1, -0.05) is 12.1 Å². The molecule has 124 valence electrons. The molecule has 1 aliphatic rings. The van der Waals surface area contributed by atoms with E-state index in [4.69, 9.17) is 0 Å². The Bertz CT molecular complexity index is 640. The normalized spacial score (nSPS) is 15.8. The zero-order valence-corrected chi connectivity index (χ0v) is 12.3. The minimum atomic E-state index is -4.80. The van der Waals surface area contributed by atoms with Crippen LogP contribution in [0.3, 0.4) is 0 Å². The maximum atomic E-state index is 12.1. The van der Waals surface area contributed by atoms with Crippen molar-refractivity contribution in [1.82, 2.24) is 9.80 Å². The van der Waals surface area contributed by atoms with E-state index in [0.717, 1.165) is 21.9 Å². The largest absolute Gasteiger partial charge is 0.573 e. The Morgan fingerprint density at radius 2 is 1.61 bits per heavy atom. The molecule has 1 aliphatic heterocycles. The van der Waals surface area contributed by atoms with Gasteiger partial charge in [-0.05, 0) is 31.5 Å². The third-order valence-electron chi connectivity index (χ3n) is 3.10. The third-order valence-corrected chi connectivity index (χ3v) is 3.10. The SMILES string of the molecule is CC(C)N1C(=O)C(=O)N(Cc2ccc(OC(F)(F)F)cc2)C1=O. The molecular formula is C14H13F3N2O4. The molecule has 1 aromatic carbocycles. The van der Waals surface area contributed by atoms with Gasteiger partial charge in [-0.3, -0.25) is 19.4 Å². The molecular weight excluding hydrogens is 317 g/mol. The maximum Gasteiger partial charge on any atom is 0.573 e. The molecule has 1 aromatic rings. The fourth-order valence-corrected chi connectivity index (χ4v) is 2.10. The molecule has 0 spiro atoms. The maximum absolute atomic E-state index is 12.1. The van der Waals surface area contributed by atoms with Crippen LogP contribution in [0.25, 0.3) is 0 Å². The van der Waals surface area contributed by atoms with Crippen molar-refractivity contribution < 1.29 is 32.3 Å². The molecule has 0 saturated carbocycles. The molecule has 0 bridgehead atoms. The second-order valence-corrected chi connectivity index (χ2v) is 5.13. The Kier molecular flexibility index (Phi) is 4.31. The molecule has 6 nitrogen and oxygen atoms in total. The van der Waals surface area contributed by atoms with Gasteiger partial charge < -0.3 is 4.74 Å². The van der Waals surface area contributed by atoms with Crippen LogP contribution in [0.4, 0.5) is 18.0 Å². The molecule has 1 heterocycles. The Hall–Kier alpha value is -2.58. The summed E-state index contributed by atoms with van der Waals surface area (Å²) in [5.41, 5.74) is 0.389. The lowest BCUT2D eigenvalue weighted by atomic mass is 10.2. The Morgan fingerprint density at radius 3 is 2.04 bits per heavy atom. The first-order valence-corrected chi connectivity index (χ1v) is 6.64. The molecule has 23 heavy (non-hydrogen) atoms. The van der Waals surface area contributed by atoms with E-state index in [1.54, 1.807) is 13.8 Å². The van der Waals surface area contributed by atoms with Crippen LogP contribution < -0.4 is 4.74 Å². The second kappa shape index (κ2) is 5.90. The number of alkyl halides is 3. The molecule has 1 saturated heterocycles. The molecule has 4 amide bonds. The molecule has 9 heteroatoms. The third kappa shape index (κ3) is 3.61. The van der Waals surface area contributed by atoms with Crippen molar-refractivity contribution in [2.45, 2.75) is 32.8 Å². The van der Waals surface area contributed by atoms with Crippen molar-refractivity contribution in [3.63, 3.8) is 0 Å². The van der Waals surface area contributed by atoms with Gasteiger partial charge in [0.2, 0.25) is 0 Å². The van der Waals surface area contributed by atoms with E-state index in [1.807, 2.05) is 0 Å². The van der Waals surface area contributed by atoms with Gasteiger partial charge >= 0.3 is 24.2 Å². The van der Waals surface area contributed by atoms with E-state index in [9.17, 15) is 27.6 Å². The van der Waals surface area contributed by atoms with Crippen LogP contribution in [0.5, 0.6) is 5.75 Å². The van der Waals surface area contributed by atoms with Crippen LogP contribution in [0, 0.1) is 0 Å². The van der Waals surface area contributed by atoms with Crippen LogP contribution >= 0.6 is 0 Å². The number of carbonyl (C=O) groups excluding carboxylic acids is 3. The molecule has 0 N–H and O–H groups in total. The molecule has 0 aliphatic carbocycles. The van der Waals surface area contributed by atoms with E-state index >= 15 is 0 Å². The van der Waals surface area contributed by atoms with E-state index < -0.39 is 36.0 Å². The number of halogens is 3. The molecule has 2 rings (SSSR count). The average Bonchev–Trinajstić information content (AvgIpc) is 2.63. The van der Waals surface area contributed by atoms with Gasteiger partial charge in [0.15, 0.2) is 0 Å². The lowest BCUT2D eigenvalue weighted by Gasteiger charge is -2.18. The number of hydrogen-bond acceptors (Lipinski definition) is 4. The summed E-state index contributed by atoms with van der Waals surface area (Å²) in [6, 6.07) is 3.48. The number of amides is 4. The van der Waals surface area contributed by atoms with Crippen LogP contribution in [0.15, 0.2) is 24.3 Å². The second-order valence-electron chi connectivity index (χ2n) is 5.13. The topological polar surface area (TPSA) is 66.9 Å². The van der Waals surface area contributed by atoms with Crippen LogP contribution in [-0.2, 0) is 16.1 Å². The van der Waals surface area contributed by atoms with Gasteiger partial charge in [0.1, 0.15) is 5.75 Å². The van der Waals surface area contributed by atoms with Crippen LogP contribution in [-0.4, -0.2) is 40.0 Å². The van der Waals surface area contributed by atoms with Gasteiger partial charge in [-0.2, -0.15) is 0 Å². The van der Waals surface area contributed by atoms with E-state index in [0.29, 0.717) is 5.56 Å². The summed E-state index contributed by atoms with van der Waals surface area (Å²) < 4.78 is 39.9. The van der Waals surface area contributed by atoms with Gasteiger partial charge in [0, 0.05) is 6.04 Å². The van der Waals surface area contributed by atoms with Gasteiger partial charge in [0.05, 0.1) is 6.54 Å². The molecule has 1 fully saturated rings. The molecule has 0 atom stereocenters. The molecule has 0 unspecified atom stereocenters. The van der Waals surface area contributed by atoms with Crippen molar-refractivity contribution in [2.75, 3.05) is 0 Å². The summed E-state index contributed by atoms with van der Waals surface area (Å²) in [6.45, 7) is 2.98. The summed E-state index contributed by atoms with van der Waals surface area (Å²) >= 11 is 0. The average molecular weight is 330 g/mol. The highest BCUT2D eigenvalue weighted by molar-refractivity contribution is 6.44. The minimum absolute atomic E-state index is 0.209. The number of imide groups is 2. The summed E-state index contributed by atoms with van der Waals surface area (Å²) in [5.74, 6) is -2.29. The monoisotopic (exact) mass is 330 g/mol. The highest BCUT2D eigenvalue weighted by atomic mass is 19.4. The fraction of sp³-hybridized carbons (Fsp3) is 0.357. The Morgan fingerprint density at radius 1 is 1.04 bits per heavy atom. The van der Waals surface area contributed by atoms with Crippen molar-refractivity contribution in [1.29, 1.82) is 0 Å². The first-order valence-electron chi connectivity index (χ1n) is 6.64. The standard InChI is InChI=1S/C14H13F3N2O4/c1-8(2)19-12(21)11(20)18(13(19)22)7-9-3-5-10(6-4-9)23-14(15,16)17/h3-6,8H,7H2,1-2H3. The van der Waals surface area contributed by atoms with Gasteiger partial charge in [0.25, 0.3) is 0 Å². The van der Waals surface area contributed by atoms with E-state index in [1.165, 1.54) is 12.1 Å². The number of hydrogen-bond donors (Lipinski definition) is 0. The molecule has 0 radical (unpaired) electrons. The Balaban J connectivity index is 2.12. The first-order chi connectivity index (χ1) is 10.6. The quantitative estimate of drug-likeness (QED) is 0.627. The predicted octanol–water partition coefficient (Wildman–Crippen LogP) is 2.28. The number of carbonyl (C=O) groups is 3. The fourth-order valence-electron chi connectivity index (χ4n) is 2.10. The van der Waals surface area contributed by atoms with Crippen molar-refractivity contribution in [3.05, 3.63) is 29.8 Å². The lowest BCUT2D eigenvalue weighted by Crippen LogP contribution is -2.37. The minimum Gasteiger partial charge on any atom is -0.406 e. The Labute approximate surface area is 129 Å². The number of benzene rings is 1. The number of rotatable bonds is 4. The van der Waals surface area contributed by atoms with Crippen molar-refractivity contribution in [2.24, 2.45) is 0 Å². The van der Waals surface area contributed by atoms with Crippen molar-refractivity contribution in [3.8, 4) is 5.75 Å². The molecule has 0 aromatic heterocycles. The first kappa shape index (κ1) is 16.8. The lowest BCUT2D eigenvalue weighted by molar-refractivity contribution is -0.274. The highest BCUT2D eigenvalue weighted by Crippen LogP contribution is 2.24.